The number of halogens is 1. The van der Waals surface area contributed by atoms with Gasteiger partial charge < -0.3 is 20.5 Å². The van der Waals surface area contributed by atoms with Crippen molar-refractivity contribution in [3.8, 4) is 5.75 Å². The number of benzene rings is 1. The third-order valence-electron chi connectivity index (χ3n) is 2.78. The standard InChI is InChI=1S/C14H21ClN2O3/c1-9(6-10(2)18)8-16-14(19)17-13-5-4-11(20-3)7-12(13)15/h4-5,7,9-10,18H,6,8H2,1-3H3,(H2,16,17,19). The molecule has 0 spiro atoms. The van der Waals surface area contributed by atoms with Gasteiger partial charge in [-0.25, -0.2) is 4.79 Å². The Labute approximate surface area is 124 Å². The van der Waals surface area contributed by atoms with Gasteiger partial charge in [-0.3, -0.25) is 0 Å². The lowest BCUT2D eigenvalue weighted by atomic mass is 10.1. The molecule has 0 radical (unpaired) electrons. The van der Waals surface area contributed by atoms with Crippen molar-refractivity contribution in [3.05, 3.63) is 23.2 Å². The zero-order valence-electron chi connectivity index (χ0n) is 11.9. The number of rotatable bonds is 6. The molecule has 0 aliphatic carbocycles. The average molecular weight is 301 g/mol. The molecule has 0 heterocycles. The van der Waals surface area contributed by atoms with Crippen molar-refractivity contribution in [1.29, 1.82) is 0 Å². The van der Waals surface area contributed by atoms with Gasteiger partial charge in [0.25, 0.3) is 0 Å². The third-order valence-corrected chi connectivity index (χ3v) is 3.09. The van der Waals surface area contributed by atoms with E-state index in [0.717, 1.165) is 0 Å². The normalized spacial score (nSPS) is 13.4. The number of amides is 2. The van der Waals surface area contributed by atoms with Crippen LogP contribution in [-0.4, -0.2) is 30.9 Å². The Balaban J connectivity index is 2.46. The number of ether oxygens (including phenoxy) is 1. The Bertz CT molecular complexity index is 452. The first-order valence-electron chi connectivity index (χ1n) is 6.48. The Morgan fingerprint density at radius 3 is 2.70 bits per heavy atom. The van der Waals surface area contributed by atoms with Crippen LogP contribution in [0.5, 0.6) is 5.75 Å². The van der Waals surface area contributed by atoms with Crippen LogP contribution in [0.3, 0.4) is 0 Å². The van der Waals surface area contributed by atoms with Crippen LogP contribution < -0.4 is 15.4 Å². The number of anilines is 1. The fourth-order valence-electron chi connectivity index (χ4n) is 1.82. The Morgan fingerprint density at radius 1 is 1.45 bits per heavy atom. The Hall–Kier alpha value is -1.46. The van der Waals surface area contributed by atoms with Gasteiger partial charge >= 0.3 is 6.03 Å². The van der Waals surface area contributed by atoms with Gasteiger partial charge in [-0.05, 0) is 31.4 Å². The summed E-state index contributed by atoms with van der Waals surface area (Å²) in [4.78, 5) is 11.7. The number of aliphatic hydroxyl groups excluding tert-OH is 1. The van der Waals surface area contributed by atoms with Crippen LogP contribution in [0, 0.1) is 5.92 Å². The van der Waals surface area contributed by atoms with Gasteiger partial charge in [0.1, 0.15) is 5.75 Å². The van der Waals surface area contributed by atoms with E-state index in [2.05, 4.69) is 10.6 Å². The number of carbonyl (C=O) groups excluding carboxylic acids is 1. The monoisotopic (exact) mass is 300 g/mol. The average Bonchev–Trinajstić information content (AvgIpc) is 2.38. The van der Waals surface area contributed by atoms with Crippen LogP contribution >= 0.6 is 11.6 Å². The number of aliphatic hydroxyl groups is 1. The van der Waals surface area contributed by atoms with E-state index >= 15 is 0 Å². The number of hydrogen-bond acceptors (Lipinski definition) is 3. The third kappa shape index (κ3) is 5.67. The lowest BCUT2D eigenvalue weighted by molar-refractivity contribution is 0.163. The van der Waals surface area contributed by atoms with Crippen molar-refractivity contribution >= 4 is 23.3 Å². The fraction of sp³-hybridized carbons (Fsp3) is 0.500. The predicted octanol–water partition coefficient (Wildman–Crippen LogP) is 2.88. The molecule has 0 aromatic heterocycles. The molecule has 0 aliphatic rings. The highest BCUT2D eigenvalue weighted by Gasteiger charge is 2.10. The molecule has 2 amide bonds. The molecular weight excluding hydrogens is 280 g/mol. The lowest BCUT2D eigenvalue weighted by Gasteiger charge is -2.15. The van der Waals surface area contributed by atoms with Crippen LogP contribution in [0.15, 0.2) is 18.2 Å². The minimum Gasteiger partial charge on any atom is -0.497 e. The van der Waals surface area contributed by atoms with E-state index in [1.165, 1.54) is 0 Å². The number of methoxy groups -OCH3 is 1. The number of nitrogens with one attached hydrogen (secondary N) is 2. The maximum Gasteiger partial charge on any atom is 0.319 e. The molecular formula is C14H21ClN2O3. The van der Waals surface area contributed by atoms with Crippen LogP contribution in [-0.2, 0) is 0 Å². The van der Waals surface area contributed by atoms with Gasteiger partial charge in [0, 0.05) is 12.6 Å². The Kier molecular flexibility index (Phi) is 6.61. The van der Waals surface area contributed by atoms with Gasteiger partial charge in [-0.1, -0.05) is 18.5 Å². The number of urea groups is 1. The second kappa shape index (κ2) is 7.97. The highest BCUT2D eigenvalue weighted by atomic mass is 35.5. The van der Waals surface area contributed by atoms with Gasteiger partial charge in [0.2, 0.25) is 0 Å². The van der Waals surface area contributed by atoms with Crippen molar-refractivity contribution in [3.63, 3.8) is 0 Å². The van der Waals surface area contributed by atoms with Crippen molar-refractivity contribution in [2.24, 2.45) is 5.92 Å². The second-order valence-corrected chi connectivity index (χ2v) is 5.28. The zero-order chi connectivity index (χ0) is 15.1. The first kappa shape index (κ1) is 16.6. The topological polar surface area (TPSA) is 70.6 Å². The van der Waals surface area contributed by atoms with Crippen LogP contribution in [0.2, 0.25) is 5.02 Å². The SMILES string of the molecule is COc1ccc(NC(=O)NCC(C)CC(C)O)c(Cl)c1. The summed E-state index contributed by atoms with van der Waals surface area (Å²) in [6.07, 6.45) is 0.273. The minimum atomic E-state index is -0.370. The molecule has 0 saturated heterocycles. The van der Waals surface area contributed by atoms with E-state index in [9.17, 15) is 9.90 Å². The molecule has 5 nitrogen and oxygen atoms in total. The fourth-order valence-corrected chi connectivity index (χ4v) is 2.04. The molecule has 2 unspecified atom stereocenters. The molecule has 6 heteroatoms. The summed E-state index contributed by atoms with van der Waals surface area (Å²) in [6.45, 7) is 4.19. The smallest absolute Gasteiger partial charge is 0.319 e. The summed E-state index contributed by atoms with van der Waals surface area (Å²) in [5, 5.41) is 15.1. The minimum absolute atomic E-state index is 0.201. The zero-order valence-corrected chi connectivity index (χ0v) is 12.7. The van der Waals surface area contributed by atoms with E-state index in [4.69, 9.17) is 16.3 Å². The van der Waals surface area contributed by atoms with Crippen molar-refractivity contribution in [1.82, 2.24) is 5.32 Å². The van der Waals surface area contributed by atoms with E-state index in [1.807, 2.05) is 6.92 Å². The molecule has 0 aliphatic heterocycles. The summed E-state index contributed by atoms with van der Waals surface area (Å²) < 4.78 is 5.03. The van der Waals surface area contributed by atoms with Crippen molar-refractivity contribution < 1.29 is 14.6 Å². The predicted molar refractivity (Wildman–Crippen MR) is 80.5 cm³/mol. The van der Waals surface area contributed by atoms with Crippen LogP contribution in [0.1, 0.15) is 20.3 Å². The summed E-state index contributed by atoms with van der Waals surface area (Å²) >= 11 is 6.03. The largest absolute Gasteiger partial charge is 0.497 e. The molecule has 3 N–H and O–H groups in total. The van der Waals surface area contributed by atoms with Gasteiger partial charge in [-0.2, -0.15) is 0 Å². The molecule has 2 atom stereocenters. The molecule has 0 saturated carbocycles. The maximum atomic E-state index is 11.7. The van der Waals surface area contributed by atoms with E-state index in [1.54, 1.807) is 32.2 Å². The molecule has 1 aromatic rings. The lowest BCUT2D eigenvalue weighted by Crippen LogP contribution is -2.33. The summed E-state index contributed by atoms with van der Waals surface area (Å²) in [5.74, 6) is 0.832. The van der Waals surface area contributed by atoms with Crippen molar-refractivity contribution in [2.75, 3.05) is 19.0 Å². The Morgan fingerprint density at radius 2 is 2.15 bits per heavy atom. The van der Waals surface area contributed by atoms with Gasteiger partial charge in [0.15, 0.2) is 0 Å². The van der Waals surface area contributed by atoms with Gasteiger partial charge in [0.05, 0.1) is 23.9 Å². The summed E-state index contributed by atoms with van der Waals surface area (Å²) in [6, 6.07) is 4.71. The van der Waals surface area contributed by atoms with E-state index in [-0.39, 0.29) is 18.1 Å². The van der Waals surface area contributed by atoms with E-state index < -0.39 is 0 Å². The highest BCUT2D eigenvalue weighted by Crippen LogP contribution is 2.26. The number of hydrogen-bond donors (Lipinski definition) is 3. The summed E-state index contributed by atoms with van der Waals surface area (Å²) in [7, 11) is 1.55. The molecule has 112 valence electrons. The molecule has 1 aromatic carbocycles. The van der Waals surface area contributed by atoms with Crippen LogP contribution in [0.4, 0.5) is 10.5 Å². The maximum absolute atomic E-state index is 11.7. The first-order chi connectivity index (χ1) is 9.42. The van der Waals surface area contributed by atoms with Crippen molar-refractivity contribution in [2.45, 2.75) is 26.4 Å². The van der Waals surface area contributed by atoms with Gasteiger partial charge in [-0.15, -0.1) is 0 Å². The van der Waals surface area contributed by atoms with Crippen LogP contribution in [0.25, 0.3) is 0 Å². The molecule has 1 rings (SSSR count). The second-order valence-electron chi connectivity index (χ2n) is 4.87. The quantitative estimate of drug-likeness (QED) is 0.756. The summed E-state index contributed by atoms with van der Waals surface area (Å²) in [5.41, 5.74) is 0.521. The van der Waals surface area contributed by atoms with E-state index in [0.29, 0.717) is 29.4 Å². The molecule has 0 fully saturated rings. The molecule has 0 bridgehead atoms. The number of carbonyl (C=O) groups is 1. The highest BCUT2D eigenvalue weighted by molar-refractivity contribution is 6.33. The first-order valence-corrected chi connectivity index (χ1v) is 6.86. The molecule has 20 heavy (non-hydrogen) atoms.